The smallest absolute Gasteiger partial charge is 0.317 e. The Morgan fingerprint density at radius 1 is 1.31 bits per heavy atom. The van der Waals surface area contributed by atoms with E-state index in [9.17, 15) is 0 Å². The van der Waals surface area contributed by atoms with E-state index in [1.807, 2.05) is 25.9 Å². The topological polar surface area (TPSA) is 54.2 Å². The van der Waals surface area contributed by atoms with Gasteiger partial charge in [-0.15, -0.1) is 5.10 Å². The summed E-state index contributed by atoms with van der Waals surface area (Å²) in [6.45, 7) is 7.34. The summed E-state index contributed by atoms with van der Waals surface area (Å²) in [5.41, 5.74) is 0. The Hall–Kier alpha value is -1.10. The van der Waals surface area contributed by atoms with E-state index in [-0.39, 0.29) is 6.04 Å². The van der Waals surface area contributed by atoms with Crippen LogP contribution >= 0.6 is 0 Å². The highest BCUT2D eigenvalue weighted by Crippen LogP contribution is 2.16. The molecule has 1 aromatic heterocycles. The highest BCUT2D eigenvalue weighted by molar-refractivity contribution is 5.21. The quantitative estimate of drug-likeness (QED) is 0.802. The highest BCUT2D eigenvalue weighted by atomic mass is 16.4. The first kappa shape index (κ1) is 13.0. The Bertz CT molecular complexity index is 311. The molecule has 0 amide bonds. The fraction of sp³-hybridized carbons (Fsp3) is 0.818. The summed E-state index contributed by atoms with van der Waals surface area (Å²) in [5, 5.41) is 11.1. The molecular formula is C11H22N4O. The van der Waals surface area contributed by atoms with Crippen molar-refractivity contribution in [1.82, 2.24) is 15.5 Å². The summed E-state index contributed by atoms with van der Waals surface area (Å²) in [6, 6.07) is 0.692. The maximum Gasteiger partial charge on any atom is 0.317 e. The van der Waals surface area contributed by atoms with Gasteiger partial charge >= 0.3 is 6.01 Å². The molecule has 92 valence electrons. The van der Waals surface area contributed by atoms with Crippen LogP contribution in [0.1, 0.15) is 39.1 Å². The molecule has 0 saturated carbocycles. The first-order valence-electron chi connectivity index (χ1n) is 5.76. The monoisotopic (exact) mass is 226 g/mol. The maximum absolute atomic E-state index is 5.57. The third-order valence-corrected chi connectivity index (χ3v) is 2.60. The van der Waals surface area contributed by atoms with Crippen molar-refractivity contribution < 1.29 is 4.42 Å². The SMILES string of the molecule is CNC(C)c1nnc(N(C)CCC(C)C)o1. The van der Waals surface area contributed by atoms with Crippen LogP contribution in [0, 0.1) is 5.92 Å². The van der Waals surface area contributed by atoms with Crippen LogP contribution in [0.15, 0.2) is 4.42 Å². The summed E-state index contributed by atoms with van der Waals surface area (Å²) < 4.78 is 5.57. The normalized spacial score (nSPS) is 13.1. The van der Waals surface area contributed by atoms with E-state index in [4.69, 9.17) is 4.42 Å². The van der Waals surface area contributed by atoms with E-state index < -0.39 is 0 Å². The summed E-state index contributed by atoms with van der Waals surface area (Å²) in [7, 11) is 3.85. The summed E-state index contributed by atoms with van der Waals surface area (Å²) >= 11 is 0. The molecule has 1 aromatic rings. The van der Waals surface area contributed by atoms with E-state index in [0.29, 0.717) is 17.8 Å². The van der Waals surface area contributed by atoms with Gasteiger partial charge in [0, 0.05) is 13.6 Å². The zero-order valence-electron chi connectivity index (χ0n) is 10.8. The molecule has 0 aliphatic carbocycles. The first-order valence-corrected chi connectivity index (χ1v) is 5.76. The summed E-state index contributed by atoms with van der Waals surface area (Å²) in [6.07, 6.45) is 1.12. The van der Waals surface area contributed by atoms with Crippen molar-refractivity contribution in [2.24, 2.45) is 5.92 Å². The summed E-state index contributed by atoms with van der Waals surface area (Å²) in [4.78, 5) is 2.00. The lowest BCUT2D eigenvalue weighted by Gasteiger charge is -2.15. The van der Waals surface area contributed by atoms with Crippen molar-refractivity contribution in [3.8, 4) is 0 Å². The molecule has 0 saturated heterocycles. The van der Waals surface area contributed by atoms with E-state index in [2.05, 4.69) is 29.4 Å². The molecule has 1 unspecified atom stereocenters. The molecule has 0 aromatic carbocycles. The van der Waals surface area contributed by atoms with Gasteiger partial charge in [0.2, 0.25) is 5.89 Å². The minimum Gasteiger partial charge on any atom is -0.406 e. The molecule has 0 aliphatic rings. The van der Waals surface area contributed by atoms with Gasteiger partial charge in [0.15, 0.2) is 0 Å². The molecule has 5 nitrogen and oxygen atoms in total. The van der Waals surface area contributed by atoms with Crippen LogP contribution < -0.4 is 10.2 Å². The van der Waals surface area contributed by atoms with Crippen LogP contribution in [0.3, 0.4) is 0 Å². The van der Waals surface area contributed by atoms with Gasteiger partial charge in [0.1, 0.15) is 0 Å². The number of anilines is 1. The molecule has 16 heavy (non-hydrogen) atoms. The zero-order chi connectivity index (χ0) is 12.1. The van der Waals surface area contributed by atoms with Crippen LogP contribution in [0.25, 0.3) is 0 Å². The number of hydrogen-bond donors (Lipinski definition) is 1. The number of aromatic nitrogens is 2. The lowest BCUT2D eigenvalue weighted by molar-refractivity contribution is 0.430. The Kier molecular flexibility index (Phi) is 4.73. The third-order valence-electron chi connectivity index (χ3n) is 2.60. The third kappa shape index (κ3) is 3.48. The number of rotatable bonds is 6. The summed E-state index contributed by atoms with van der Waals surface area (Å²) in [5.74, 6) is 1.31. The molecule has 0 aliphatic heterocycles. The van der Waals surface area contributed by atoms with Gasteiger partial charge in [-0.25, -0.2) is 0 Å². The molecule has 0 spiro atoms. The lowest BCUT2D eigenvalue weighted by Crippen LogP contribution is -2.20. The van der Waals surface area contributed by atoms with Gasteiger partial charge in [0.05, 0.1) is 6.04 Å². The minimum atomic E-state index is 0.0970. The molecule has 1 rings (SSSR count). The van der Waals surface area contributed by atoms with Crippen molar-refractivity contribution in [1.29, 1.82) is 0 Å². The van der Waals surface area contributed by atoms with Crippen molar-refractivity contribution in [3.05, 3.63) is 5.89 Å². The Morgan fingerprint density at radius 2 is 2.00 bits per heavy atom. The van der Waals surface area contributed by atoms with Crippen molar-refractivity contribution in [3.63, 3.8) is 0 Å². The fourth-order valence-electron chi connectivity index (χ4n) is 1.23. The fourth-order valence-corrected chi connectivity index (χ4v) is 1.23. The standard InChI is InChI=1S/C11H22N4O/c1-8(2)6-7-15(5)11-14-13-10(16-11)9(3)12-4/h8-9,12H,6-7H2,1-5H3. The molecule has 0 radical (unpaired) electrons. The molecule has 1 N–H and O–H groups in total. The van der Waals surface area contributed by atoms with Gasteiger partial charge < -0.3 is 14.6 Å². The molecule has 5 heteroatoms. The van der Waals surface area contributed by atoms with Crippen molar-refractivity contribution in [2.45, 2.75) is 33.2 Å². The lowest BCUT2D eigenvalue weighted by atomic mass is 10.1. The molecule has 1 heterocycles. The average Bonchev–Trinajstić information content (AvgIpc) is 2.74. The number of nitrogens with zero attached hydrogens (tertiary/aromatic N) is 3. The Labute approximate surface area is 97.2 Å². The molecule has 1 atom stereocenters. The van der Waals surface area contributed by atoms with Crippen molar-refractivity contribution >= 4 is 6.01 Å². The van der Waals surface area contributed by atoms with E-state index in [1.54, 1.807) is 0 Å². The van der Waals surface area contributed by atoms with Crippen LogP contribution in [-0.4, -0.2) is 30.8 Å². The number of hydrogen-bond acceptors (Lipinski definition) is 5. The predicted molar refractivity (Wildman–Crippen MR) is 64.5 cm³/mol. The minimum absolute atomic E-state index is 0.0970. The largest absolute Gasteiger partial charge is 0.406 e. The highest BCUT2D eigenvalue weighted by Gasteiger charge is 2.14. The van der Waals surface area contributed by atoms with Gasteiger partial charge in [-0.2, -0.15) is 0 Å². The van der Waals surface area contributed by atoms with Crippen LogP contribution in [0.2, 0.25) is 0 Å². The van der Waals surface area contributed by atoms with E-state index >= 15 is 0 Å². The zero-order valence-corrected chi connectivity index (χ0v) is 10.8. The predicted octanol–water partition coefficient (Wildman–Crippen LogP) is 1.83. The Balaban J connectivity index is 2.56. The van der Waals surface area contributed by atoms with Crippen LogP contribution in [0.4, 0.5) is 6.01 Å². The second-order valence-electron chi connectivity index (χ2n) is 4.54. The molecule has 0 fully saturated rings. The Morgan fingerprint density at radius 3 is 2.56 bits per heavy atom. The number of nitrogens with one attached hydrogen (secondary N) is 1. The maximum atomic E-state index is 5.57. The average molecular weight is 226 g/mol. The van der Waals surface area contributed by atoms with Crippen LogP contribution in [-0.2, 0) is 0 Å². The van der Waals surface area contributed by atoms with Gasteiger partial charge in [-0.1, -0.05) is 18.9 Å². The van der Waals surface area contributed by atoms with Crippen molar-refractivity contribution in [2.75, 3.05) is 25.5 Å². The first-order chi connectivity index (χ1) is 7.54. The van der Waals surface area contributed by atoms with Gasteiger partial charge in [0.25, 0.3) is 0 Å². The van der Waals surface area contributed by atoms with Gasteiger partial charge in [-0.3, -0.25) is 0 Å². The molecule has 0 bridgehead atoms. The van der Waals surface area contributed by atoms with Gasteiger partial charge in [-0.05, 0) is 26.3 Å². The second kappa shape index (κ2) is 5.84. The van der Waals surface area contributed by atoms with E-state index in [1.165, 1.54) is 0 Å². The molecular weight excluding hydrogens is 204 g/mol. The van der Waals surface area contributed by atoms with E-state index in [0.717, 1.165) is 13.0 Å². The second-order valence-corrected chi connectivity index (χ2v) is 4.54. The van der Waals surface area contributed by atoms with Crippen LogP contribution in [0.5, 0.6) is 0 Å².